The standard InChI is InChI=1S/C22H20N6O3/c29-20(7-4-10-24-22(30)31)25-18-13-17(15-8-11-23-12-9-15)14-19-26-21(27-28(18)19)16-5-2-1-3-6-16/h1-3,5-6,8-9,11-14,24H,4,7,10H2,(H,25,29)(H,30,31). The van der Waals surface area contributed by atoms with Gasteiger partial charge in [0.2, 0.25) is 5.91 Å². The van der Waals surface area contributed by atoms with Crippen LogP contribution in [0.5, 0.6) is 0 Å². The van der Waals surface area contributed by atoms with Gasteiger partial charge in [-0.2, -0.15) is 4.52 Å². The number of carboxylic acid groups (broad SMARTS) is 1. The van der Waals surface area contributed by atoms with Gasteiger partial charge in [-0.1, -0.05) is 30.3 Å². The fourth-order valence-corrected chi connectivity index (χ4v) is 3.14. The first kappa shape index (κ1) is 20.0. The first-order chi connectivity index (χ1) is 15.1. The van der Waals surface area contributed by atoms with Crippen molar-refractivity contribution >= 4 is 23.5 Å². The summed E-state index contributed by atoms with van der Waals surface area (Å²) in [5, 5.41) is 18.3. The molecule has 31 heavy (non-hydrogen) atoms. The Bertz CT molecular complexity index is 1210. The molecular formula is C22H20N6O3. The number of nitrogens with zero attached hydrogens (tertiary/aromatic N) is 4. The SMILES string of the molecule is O=C(O)NCCCC(=O)Nc1cc(-c2ccncc2)cc2nc(-c3ccccc3)nn12. The number of pyridine rings is 2. The number of rotatable bonds is 7. The van der Waals surface area contributed by atoms with Gasteiger partial charge in [0, 0.05) is 30.9 Å². The van der Waals surface area contributed by atoms with E-state index in [1.807, 2.05) is 54.6 Å². The normalized spacial score (nSPS) is 10.7. The summed E-state index contributed by atoms with van der Waals surface area (Å²) in [4.78, 5) is 31.7. The van der Waals surface area contributed by atoms with E-state index in [-0.39, 0.29) is 18.9 Å². The lowest BCUT2D eigenvalue weighted by molar-refractivity contribution is -0.116. The van der Waals surface area contributed by atoms with Crippen molar-refractivity contribution in [2.24, 2.45) is 0 Å². The summed E-state index contributed by atoms with van der Waals surface area (Å²) in [5.74, 6) is 0.793. The molecule has 1 aromatic carbocycles. The van der Waals surface area contributed by atoms with E-state index in [4.69, 9.17) is 5.11 Å². The molecule has 0 aliphatic heterocycles. The maximum absolute atomic E-state index is 12.5. The van der Waals surface area contributed by atoms with Crippen LogP contribution in [0, 0.1) is 0 Å². The zero-order valence-corrected chi connectivity index (χ0v) is 16.5. The highest BCUT2D eigenvalue weighted by Gasteiger charge is 2.14. The van der Waals surface area contributed by atoms with Crippen LogP contribution in [0.4, 0.5) is 10.6 Å². The number of hydrogen-bond acceptors (Lipinski definition) is 5. The third kappa shape index (κ3) is 4.84. The number of aromatic nitrogens is 4. The van der Waals surface area contributed by atoms with Gasteiger partial charge in [0.05, 0.1) is 0 Å². The van der Waals surface area contributed by atoms with Gasteiger partial charge < -0.3 is 15.7 Å². The Kier molecular flexibility index (Phi) is 5.84. The van der Waals surface area contributed by atoms with Gasteiger partial charge in [-0.15, -0.1) is 5.10 Å². The highest BCUT2D eigenvalue weighted by Crippen LogP contribution is 2.26. The van der Waals surface area contributed by atoms with Crippen LogP contribution in [0.15, 0.2) is 67.0 Å². The van der Waals surface area contributed by atoms with Crippen molar-refractivity contribution in [2.75, 3.05) is 11.9 Å². The first-order valence-electron chi connectivity index (χ1n) is 9.73. The van der Waals surface area contributed by atoms with E-state index in [9.17, 15) is 9.59 Å². The molecule has 3 aromatic heterocycles. The van der Waals surface area contributed by atoms with Crippen molar-refractivity contribution < 1.29 is 14.7 Å². The highest BCUT2D eigenvalue weighted by molar-refractivity contribution is 5.91. The lowest BCUT2D eigenvalue weighted by atomic mass is 10.1. The van der Waals surface area contributed by atoms with Gasteiger partial charge in [-0.25, -0.2) is 9.78 Å². The molecule has 0 aliphatic carbocycles. The topological polar surface area (TPSA) is 122 Å². The van der Waals surface area contributed by atoms with E-state index in [0.717, 1.165) is 16.7 Å². The van der Waals surface area contributed by atoms with Crippen molar-refractivity contribution in [2.45, 2.75) is 12.8 Å². The zero-order valence-electron chi connectivity index (χ0n) is 16.5. The third-order valence-electron chi connectivity index (χ3n) is 4.61. The lowest BCUT2D eigenvalue weighted by Gasteiger charge is -2.10. The fraction of sp³-hybridized carbons (Fsp3) is 0.136. The second kappa shape index (κ2) is 9.04. The molecule has 2 amide bonds. The van der Waals surface area contributed by atoms with Gasteiger partial charge in [0.25, 0.3) is 0 Å². The Morgan fingerprint density at radius 1 is 0.968 bits per heavy atom. The van der Waals surface area contributed by atoms with Crippen LogP contribution in [-0.2, 0) is 4.79 Å². The van der Waals surface area contributed by atoms with Crippen LogP contribution in [0.3, 0.4) is 0 Å². The molecule has 0 atom stereocenters. The Morgan fingerprint density at radius 3 is 2.48 bits per heavy atom. The minimum absolute atomic E-state index is 0.168. The molecule has 3 heterocycles. The monoisotopic (exact) mass is 416 g/mol. The molecule has 0 unspecified atom stereocenters. The lowest BCUT2D eigenvalue weighted by Crippen LogP contribution is -2.23. The molecule has 4 rings (SSSR count). The predicted octanol–water partition coefficient (Wildman–Crippen LogP) is 3.44. The number of carbonyl (C=O) groups excluding carboxylic acids is 1. The van der Waals surface area contributed by atoms with Crippen molar-refractivity contribution in [1.82, 2.24) is 24.9 Å². The first-order valence-corrected chi connectivity index (χ1v) is 9.73. The van der Waals surface area contributed by atoms with Gasteiger partial charge in [0.1, 0.15) is 5.82 Å². The average molecular weight is 416 g/mol. The molecule has 156 valence electrons. The minimum atomic E-state index is -1.11. The molecule has 0 spiro atoms. The smallest absolute Gasteiger partial charge is 0.404 e. The van der Waals surface area contributed by atoms with Crippen molar-refractivity contribution in [3.8, 4) is 22.5 Å². The number of nitrogens with one attached hydrogen (secondary N) is 2. The van der Waals surface area contributed by atoms with Crippen LogP contribution in [0.2, 0.25) is 0 Å². The van der Waals surface area contributed by atoms with Gasteiger partial charge >= 0.3 is 6.09 Å². The molecule has 0 radical (unpaired) electrons. The van der Waals surface area contributed by atoms with E-state index in [1.165, 1.54) is 0 Å². The second-order valence-electron chi connectivity index (χ2n) is 6.82. The Morgan fingerprint density at radius 2 is 1.74 bits per heavy atom. The summed E-state index contributed by atoms with van der Waals surface area (Å²) in [6.07, 6.45) is 2.85. The maximum atomic E-state index is 12.5. The molecule has 0 aliphatic rings. The summed E-state index contributed by atoms with van der Waals surface area (Å²) in [6.45, 7) is 0.205. The van der Waals surface area contributed by atoms with Crippen molar-refractivity contribution in [3.05, 3.63) is 67.0 Å². The average Bonchev–Trinajstić information content (AvgIpc) is 3.22. The van der Waals surface area contributed by atoms with E-state index >= 15 is 0 Å². The number of hydrogen-bond donors (Lipinski definition) is 3. The highest BCUT2D eigenvalue weighted by atomic mass is 16.4. The Labute approximate surface area is 177 Å². The molecule has 0 fully saturated rings. The molecule has 9 heteroatoms. The maximum Gasteiger partial charge on any atom is 0.404 e. The van der Waals surface area contributed by atoms with Crippen molar-refractivity contribution in [1.29, 1.82) is 0 Å². The van der Waals surface area contributed by atoms with Crippen LogP contribution < -0.4 is 10.6 Å². The summed E-state index contributed by atoms with van der Waals surface area (Å²) in [7, 11) is 0. The summed E-state index contributed by atoms with van der Waals surface area (Å²) in [6, 6.07) is 17.1. The largest absolute Gasteiger partial charge is 0.465 e. The Hall–Kier alpha value is -4.27. The predicted molar refractivity (Wildman–Crippen MR) is 116 cm³/mol. The van der Waals surface area contributed by atoms with Gasteiger partial charge in [-0.3, -0.25) is 9.78 Å². The molecule has 0 saturated heterocycles. The van der Waals surface area contributed by atoms with Gasteiger partial charge in [0.15, 0.2) is 11.5 Å². The van der Waals surface area contributed by atoms with E-state index in [2.05, 4.69) is 25.7 Å². The zero-order chi connectivity index (χ0) is 21.6. The number of fused-ring (bicyclic) bond motifs is 1. The number of amides is 2. The number of carbonyl (C=O) groups is 2. The second-order valence-corrected chi connectivity index (χ2v) is 6.82. The molecular weight excluding hydrogens is 396 g/mol. The minimum Gasteiger partial charge on any atom is -0.465 e. The van der Waals surface area contributed by atoms with E-state index in [1.54, 1.807) is 16.9 Å². The molecule has 0 bridgehead atoms. The summed E-state index contributed by atoms with van der Waals surface area (Å²) >= 11 is 0. The van der Waals surface area contributed by atoms with Crippen LogP contribution in [0.1, 0.15) is 12.8 Å². The molecule has 4 aromatic rings. The fourth-order valence-electron chi connectivity index (χ4n) is 3.14. The van der Waals surface area contributed by atoms with E-state index < -0.39 is 6.09 Å². The molecule has 3 N–H and O–H groups in total. The summed E-state index contributed by atoms with van der Waals surface area (Å²) < 4.78 is 1.60. The van der Waals surface area contributed by atoms with Crippen LogP contribution in [0.25, 0.3) is 28.2 Å². The van der Waals surface area contributed by atoms with Crippen molar-refractivity contribution in [3.63, 3.8) is 0 Å². The van der Waals surface area contributed by atoms with Gasteiger partial charge in [-0.05, 0) is 41.8 Å². The van der Waals surface area contributed by atoms with Crippen LogP contribution in [-0.4, -0.2) is 43.2 Å². The summed E-state index contributed by atoms with van der Waals surface area (Å²) in [5.41, 5.74) is 3.26. The number of benzene rings is 1. The third-order valence-corrected chi connectivity index (χ3v) is 4.61. The molecule has 9 nitrogen and oxygen atoms in total. The quantitative estimate of drug-likeness (QED) is 0.397. The molecule has 0 saturated carbocycles. The Balaban J connectivity index is 1.66. The number of anilines is 1. The van der Waals surface area contributed by atoms with E-state index in [0.29, 0.717) is 23.7 Å². The van der Waals surface area contributed by atoms with Crippen LogP contribution >= 0.6 is 0 Å².